The number of fused-ring (bicyclic) bond motifs is 1. The number of halogens is 1. The number of rotatable bonds is 10. The molecule has 0 aliphatic rings. The first-order valence-electron chi connectivity index (χ1n) is 10.8. The molecule has 1 unspecified atom stereocenters. The number of hydrogen-bond donors (Lipinski definition) is 2. The summed E-state index contributed by atoms with van der Waals surface area (Å²) in [6.45, 7) is 0. The van der Waals surface area contributed by atoms with Crippen molar-refractivity contribution in [3.05, 3.63) is 76.4 Å². The Morgan fingerprint density at radius 2 is 1.88 bits per heavy atom. The first-order valence-corrected chi connectivity index (χ1v) is 12.6. The van der Waals surface area contributed by atoms with Crippen LogP contribution in [0.5, 0.6) is 0 Å². The quantitative estimate of drug-likeness (QED) is 0.248. The second kappa shape index (κ2) is 11.8. The molecule has 0 aliphatic heterocycles. The van der Waals surface area contributed by atoms with Crippen molar-refractivity contribution in [3.8, 4) is 0 Å². The molecule has 1 heterocycles. The van der Waals surface area contributed by atoms with Crippen molar-refractivity contribution in [2.45, 2.75) is 23.3 Å². The minimum Gasteiger partial charge on any atom is -0.481 e. The number of carboxylic acids is 1. The summed E-state index contributed by atoms with van der Waals surface area (Å²) in [5, 5.41) is 10.7. The highest BCUT2D eigenvalue weighted by Gasteiger charge is 2.30. The minimum atomic E-state index is -0.853. The van der Waals surface area contributed by atoms with Gasteiger partial charge in [-0.3, -0.25) is 9.59 Å². The normalized spacial score (nSPS) is 13.2. The zero-order chi connectivity index (χ0) is 24.7. The SMILES string of the molecule is CN(C)C(=O)CCC(S)(SCCC(=O)O)c1cccc(C=Cc2ccc3ccc(Cl)cc3n2)c1. The van der Waals surface area contributed by atoms with Gasteiger partial charge >= 0.3 is 5.97 Å². The Morgan fingerprint density at radius 1 is 1.12 bits per heavy atom. The predicted molar refractivity (Wildman–Crippen MR) is 145 cm³/mol. The molecule has 0 radical (unpaired) electrons. The predicted octanol–water partition coefficient (Wildman–Crippen LogP) is 6.22. The monoisotopic (exact) mass is 514 g/mol. The fourth-order valence-electron chi connectivity index (χ4n) is 3.37. The molecule has 1 aromatic heterocycles. The van der Waals surface area contributed by atoms with E-state index in [2.05, 4.69) is 4.98 Å². The number of hydrogen-bond acceptors (Lipinski definition) is 5. The summed E-state index contributed by atoms with van der Waals surface area (Å²) in [6, 6.07) is 17.5. The van der Waals surface area contributed by atoms with Crippen molar-refractivity contribution >= 4 is 70.9 Å². The van der Waals surface area contributed by atoms with E-state index in [0.29, 0.717) is 23.6 Å². The molecule has 0 spiro atoms. The molecular formula is C26H27ClN2O3S2. The maximum atomic E-state index is 12.2. The fraction of sp³-hybridized carbons (Fsp3) is 0.269. The van der Waals surface area contributed by atoms with Crippen LogP contribution in [0.2, 0.25) is 5.02 Å². The third-order valence-electron chi connectivity index (χ3n) is 5.29. The molecule has 1 atom stereocenters. The van der Waals surface area contributed by atoms with E-state index in [9.17, 15) is 9.59 Å². The smallest absolute Gasteiger partial charge is 0.304 e. The van der Waals surface area contributed by atoms with Gasteiger partial charge in [0.05, 0.1) is 21.7 Å². The molecular weight excluding hydrogens is 488 g/mol. The van der Waals surface area contributed by atoms with Crippen molar-refractivity contribution in [2.75, 3.05) is 19.8 Å². The molecule has 3 rings (SSSR count). The molecule has 178 valence electrons. The summed E-state index contributed by atoms with van der Waals surface area (Å²) in [5.74, 6) is -0.442. The first kappa shape index (κ1) is 26.1. The summed E-state index contributed by atoms with van der Waals surface area (Å²) in [5.41, 5.74) is 3.53. The van der Waals surface area contributed by atoms with Crippen LogP contribution in [0.15, 0.2) is 54.6 Å². The van der Waals surface area contributed by atoms with Crippen LogP contribution in [-0.4, -0.2) is 46.7 Å². The van der Waals surface area contributed by atoms with Gasteiger partial charge in [-0.05, 0) is 47.9 Å². The van der Waals surface area contributed by atoms with Crippen molar-refractivity contribution in [1.82, 2.24) is 9.88 Å². The second-order valence-corrected chi connectivity index (χ2v) is 11.0. The lowest BCUT2D eigenvalue weighted by Gasteiger charge is -2.29. The molecule has 0 saturated carbocycles. The molecule has 34 heavy (non-hydrogen) atoms. The zero-order valence-corrected chi connectivity index (χ0v) is 21.5. The number of carbonyl (C=O) groups excluding carboxylic acids is 1. The Labute approximate surface area is 214 Å². The van der Waals surface area contributed by atoms with Gasteiger partial charge in [0.2, 0.25) is 5.91 Å². The number of nitrogens with zero attached hydrogens (tertiary/aromatic N) is 2. The van der Waals surface area contributed by atoms with Crippen LogP contribution < -0.4 is 0 Å². The third kappa shape index (κ3) is 7.26. The number of thiol groups is 1. The van der Waals surface area contributed by atoms with E-state index in [0.717, 1.165) is 27.7 Å². The zero-order valence-electron chi connectivity index (χ0n) is 19.1. The molecule has 3 aromatic rings. The number of carboxylic acid groups (broad SMARTS) is 1. The molecule has 1 amide bonds. The summed E-state index contributed by atoms with van der Waals surface area (Å²) in [7, 11) is 3.45. The Kier molecular flexibility index (Phi) is 9.05. The van der Waals surface area contributed by atoms with Crippen LogP contribution in [-0.2, 0) is 13.7 Å². The van der Waals surface area contributed by atoms with E-state index in [1.165, 1.54) is 11.8 Å². The Balaban J connectivity index is 1.83. The molecule has 5 nitrogen and oxygen atoms in total. The van der Waals surface area contributed by atoms with Crippen LogP contribution in [0, 0.1) is 0 Å². The highest BCUT2D eigenvalue weighted by Crippen LogP contribution is 2.45. The van der Waals surface area contributed by atoms with Gasteiger partial charge in [-0.25, -0.2) is 4.98 Å². The van der Waals surface area contributed by atoms with Crippen molar-refractivity contribution in [3.63, 3.8) is 0 Å². The Bertz CT molecular complexity index is 1220. The van der Waals surface area contributed by atoms with E-state index >= 15 is 0 Å². The van der Waals surface area contributed by atoms with Crippen LogP contribution in [0.1, 0.15) is 36.1 Å². The highest BCUT2D eigenvalue weighted by atomic mass is 35.5. The summed E-state index contributed by atoms with van der Waals surface area (Å²) >= 11 is 12.5. The fourth-order valence-corrected chi connectivity index (χ4v) is 5.22. The number of aromatic nitrogens is 1. The molecule has 0 saturated heterocycles. The van der Waals surface area contributed by atoms with Crippen molar-refractivity contribution < 1.29 is 14.7 Å². The van der Waals surface area contributed by atoms with Gasteiger partial charge in [-0.1, -0.05) is 48.0 Å². The molecule has 0 aliphatic carbocycles. The number of carbonyl (C=O) groups is 2. The highest BCUT2D eigenvalue weighted by molar-refractivity contribution is 8.10. The second-order valence-electron chi connectivity index (χ2n) is 8.10. The lowest BCUT2D eigenvalue weighted by atomic mass is 10.0. The minimum absolute atomic E-state index is 0.00999. The molecule has 0 bridgehead atoms. The molecule has 8 heteroatoms. The topological polar surface area (TPSA) is 70.5 Å². The molecule has 2 aromatic carbocycles. The van der Waals surface area contributed by atoms with Crippen LogP contribution in [0.25, 0.3) is 23.1 Å². The standard InChI is InChI=1S/C26H27ClN2O3S2/c1-29(2)24(30)12-14-26(33,34-15-13-25(31)32)20-5-3-4-18(16-20)6-10-22-11-8-19-7-9-21(27)17-23(19)28-22/h3-11,16-17,33H,12-15H2,1-2H3,(H,31,32). The number of pyridine rings is 1. The summed E-state index contributed by atoms with van der Waals surface area (Å²) in [4.78, 5) is 29.4. The van der Waals surface area contributed by atoms with Crippen LogP contribution in [0.3, 0.4) is 0 Å². The largest absolute Gasteiger partial charge is 0.481 e. The van der Waals surface area contributed by atoms with Gasteiger partial charge in [0.25, 0.3) is 0 Å². The van der Waals surface area contributed by atoms with Crippen molar-refractivity contribution in [1.29, 1.82) is 0 Å². The van der Waals surface area contributed by atoms with Gasteiger partial charge in [0, 0.05) is 36.7 Å². The number of amides is 1. The van der Waals surface area contributed by atoms with E-state index in [4.69, 9.17) is 29.3 Å². The average molecular weight is 515 g/mol. The van der Waals surface area contributed by atoms with Gasteiger partial charge in [-0.2, -0.15) is 12.6 Å². The van der Waals surface area contributed by atoms with E-state index in [-0.39, 0.29) is 12.3 Å². The van der Waals surface area contributed by atoms with E-state index < -0.39 is 10.0 Å². The van der Waals surface area contributed by atoms with Crippen LogP contribution in [0.4, 0.5) is 0 Å². The third-order valence-corrected chi connectivity index (χ3v) is 7.72. The van der Waals surface area contributed by atoms with Gasteiger partial charge in [0.15, 0.2) is 0 Å². The Hall–Kier alpha value is -2.48. The molecule has 1 N–H and O–H groups in total. The van der Waals surface area contributed by atoms with E-state index in [1.54, 1.807) is 19.0 Å². The first-order chi connectivity index (χ1) is 16.2. The number of benzene rings is 2. The summed E-state index contributed by atoms with van der Waals surface area (Å²) < 4.78 is -0.692. The van der Waals surface area contributed by atoms with Crippen LogP contribution >= 0.6 is 36.0 Å². The number of thioether (sulfide) groups is 1. The lowest BCUT2D eigenvalue weighted by molar-refractivity contribution is -0.136. The van der Waals surface area contributed by atoms with Gasteiger partial charge in [0.1, 0.15) is 0 Å². The lowest BCUT2D eigenvalue weighted by Crippen LogP contribution is -2.25. The summed E-state index contributed by atoms with van der Waals surface area (Å²) in [6.07, 6.45) is 4.75. The number of aliphatic carboxylic acids is 1. The molecule has 0 fully saturated rings. The van der Waals surface area contributed by atoms with E-state index in [1.807, 2.05) is 66.7 Å². The maximum absolute atomic E-state index is 12.2. The van der Waals surface area contributed by atoms with Gasteiger partial charge < -0.3 is 10.0 Å². The van der Waals surface area contributed by atoms with Gasteiger partial charge in [-0.15, -0.1) is 11.8 Å². The maximum Gasteiger partial charge on any atom is 0.304 e. The Morgan fingerprint density at radius 3 is 2.62 bits per heavy atom. The van der Waals surface area contributed by atoms with Crippen molar-refractivity contribution in [2.24, 2.45) is 0 Å². The average Bonchev–Trinajstić information content (AvgIpc) is 2.80.